The number of likely N-dealkylation sites (tertiary alicyclic amines) is 1. The molecule has 1 N–H and O–H groups in total. The fraction of sp³-hybridized carbons (Fsp3) is 1.00. The van der Waals surface area contributed by atoms with Gasteiger partial charge in [0.2, 0.25) is 0 Å². The van der Waals surface area contributed by atoms with Gasteiger partial charge in [-0.15, -0.1) is 0 Å². The fourth-order valence-electron chi connectivity index (χ4n) is 3.56. The number of unbranched alkanes of at least 4 members (excludes halogenated alkanes) is 1. The Labute approximate surface area is 112 Å². The molecule has 0 aromatic heterocycles. The molecule has 2 fully saturated rings. The fourth-order valence-corrected chi connectivity index (χ4v) is 3.56. The molecular weight excluding hydrogens is 226 g/mol. The van der Waals surface area contributed by atoms with Crippen LogP contribution in [0.5, 0.6) is 0 Å². The minimum Gasteiger partial charge on any atom is -0.393 e. The topological polar surface area (TPSA) is 32.7 Å². The van der Waals surface area contributed by atoms with Crippen molar-refractivity contribution in [3.8, 4) is 0 Å². The maximum atomic E-state index is 10.1. The number of hydrogen-bond donors (Lipinski definition) is 1. The Bertz CT molecular complexity index is 235. The molecule has 0 spiro atoms. The number of rotatable bonds is 7. The highest BCUT2D eigenvalue weighted by Gasteiger charge is 2.37. The van der Waals surface area contributed by atoms with E-state index in [4.69, 9.17) is 4.74 Å². The SMILES string of the molecule is CCCCOCCN1CCCC1C1CCCC1O. The number of ether oxygens (including phenoxy) is 1. The molecule has 0 aromatic rings. The average molecular weight is 255 g/mol. The van der Waals surface area contributed by atoms with Gasteiger partial charge in [-0.2, -0.15) is 0 Å². The lowest BCUT2D eigenvalue weighted by Gasteiger charge is -2.31. The lowest BCUT2D eigenvalue weighted by atomic mass is 9.94. The van der Waals surface area contributed by atoms with Gasteiger partial charge in [0, 0.05) is 25.1 Å². The van der Waals surface area contributed by atoms with Crippen molar-refractivity contribution in [3.05, 3.63) is 0 Å². The molecule has 18 heavy (non-hydrogen) atoms. The van der Waals surface area contributed by atoms with Crippen molar-refractivity contribution in [3.63, 3.8) is 0 Å². The summed E-state index contributed by atoms with van der Waals surface area (Å²) in [5, 5.41) is 10.1. The Morgan fingerprint density at radius 2 is 2.06 bits per heavy atom. The van der Waals surface area contributed by atoms with E-state index < -0.39 is 0 Å². The zero-order valence-electron chi connectivity index (χ0n) is 11.8. The minimum atomic E-state index is -0.0448. The molecule has 1 saturated carbocycles. The quantitative estimate of drug-likeness (QED) is 0.709. The lowest BCUT2D eigenvalue weighted by Crippen LogP contribution is -2.40. The molecule has 1 aliphatic carbocycles. The van der Waals surface area contributed by atoms with E-state index in [2.05, 4.69) is 11.8 Å². The second kappa shape index (κ2) is 7.46. The van der Waals surface area contributed by atoms with E-state index in [0.29, 0.717) is 12.0 Å². The van der Waals surface area contributed by atoms with Crippen molar-refractivity contribution in [2.45, 2.75) is 64.0 Å². The van der Waals surface area contributed by atoms with Gasteiger partial charge in [-0.1, -0.05) is 19.8 Å². The van der Waals surface area contributed by atoms with Crippen LogP contribution in [-0.4, -0.2) is 48.5 Å². The summed E-state index contributed by atoms with van der Waals surface area (Å²) in [7, 11) is 0. The molecule has 3 unspecified atom stereocenters. The van der Waals surface area contributed by atoms with Gasteiger partial charge in [0.1, 0.15) is 0 Å². The van der Waals surface area contributed by atoms with E-state index in [0.717, 1.165) is 26.2 Å². The summed E-state index contributed by atoms with van der Waals surface area (Å²) < 4.78 is 5.67. The highest BCUT2D eigenvalue weighted by Crippen LogP contribution is 2.35. The first-order valence-electron chi connectivity index (χ1n) is 7.82. The van der Waals surface area contributed by atoms with Crippen LogP contribution in [0.4, 0.5) is 0 Å². The summed E-state index contributed by atoms with van der Waals surface area (Å²) in [6.45, 7) is 6.21. The standard InChI is InChI=1S/C15H29NO2/c1-2-3-11-18-12-10-16-9-5-7-14(16)13-6-4-8-15(13)17/h13-15,17H,2-12H2,1H3. The molecule has 1 aliphatic heterocycles. The van der Waals surface area contributed by atoms with Gasteiger partial charge in [-0.05, 0) is 38.6 Å². The second-order valence-corrected chi connectivity index (χ2v) is 5.87. The zero-order valence-corrected chi connectivity index (χ0v) is 11.8. The number of aliphatic hydroxyl groups excluding tert-OH is 1. The van der Waals surface area contributed by atoms with E-state index in [1.54, 1.807) is 0 Å². The molecule has 3 heteroatoms. The third-order valence-corrected chi connectivity index (χ3v) is 4.61. The summed E-state index contributed by atoms with van der Waals surface area (Å²) in [6, 6.07) is 0.622. The predicted octanol–water partition coefficient (Wildman–Crippen LogP) is 2.43. The average Bonchev–Trinajstić information content (AvgIpc) is 2.97. The Hall–Kier alpha value is -0.120. The maximum Gasteiger partial charge on any atom is 0.0593 e. The van der Waals surface area contributed by atoms with Crippen LogP contribution in [0.15, 0.2) is 0 Å². The van der Waals surface area contributed by atoms with E-state index in [1.165, 1.54) is 45.1 Å². The van der Waals surface area contributed by atoms with Crippen LogP contribution in [0, 0.1) is 5.92 Å². The Kier molecular flexibility index (Phi) is 5.93. The summed E-state index contributed by atoms with van der Waals surface area (Å²) in [4.78, 5) is 2.56. The molecule has 0 amide bonds. The minimum absolute atomic E-state index is 0.0448. The molecular formula is C15H29NO2. The zero-order chi connectivity index (χ0) is 12.8. The van der Waals surface area contributed by atoms with Gasteiger partial charge in [0.05, 0.1) is 12.7 Å². The normalized spacial score (nSPS) is 33.3. The van der Waals surface area contributed by atoms with E-state index in [9.17, 15) is 5.11 Å². The van der Waals surface area contributed by atoms with Gasteiger partial charge in [-0.25, -0.2) is 0 Å². The van der Waals surface area contributed by atoms with Gasteiger partial charge in [0.15, 0.2) is 0 Å². The van der Waals surface area contributed by atoms with E-state index >= 15 is 0 Å². The van der Waals surface area contributed by atoms with E-state index in [-0.39, 0.29) is 6.10 Å². The van der Waals surface area contributed by atoms with Crippen LogP contribution >= 0.6 is 0 Å². The van der Waals surface area contributed by atoms with Crippen molar-refractivity contribution in [1.29, 1.82) is 0 Å². The van der Waals surface area contributed by atoms with Crippen molar-refractivity contribution in [1.82, 2.24) is 4.90 Å². The molecule has 1 saturated heterocycles. The molecule has 106 valence electrons. The van der Waals surface area contributed by atoms with Crippen molar-refractivity contribution in [2.75, 3.05) is 26.3 Å². The highest BCUT2D eigenvalue weighted by atomic mass is 16.5. The molecule has 3 atom stereocenters. The smallest absolute Gasteiger partial charge is 0.0593 e. The second-order valence-electron chi connectivity index (χ2n) is 5.87. The molecule has 2 aliphatic rings. The van der Waals surface area contributed by atoms with Crippen molar-refractivity contribution >= 4 is 0 Å². The third-order valence-electron chi connectivity index (χ3n) is 4.61. The molecule has 0 bridgehead atoms. The predicted molar refractivity (Wildman–Crippen MR) is 73.7 cm³/mol. The molecule has 3 nitrogen and oxygen atoms in total. The van der Waals surface area contributed by atoms with Gasteiger partial charge >= 0.3 is 0 Å². The van der Waals surface area contributed by atoms with E-state index in [1.807, 2.05) is 0 Å². The summed E-state index contributed by atoms with van der Waals surface area (Å²) in [6.07, 6.45) is 8.35. The third kappa shape index (κ3) is 3.69. The van der Waals surface area contributed by atoms with Gasteiger partial charge < -0.3 is 9.84 Å². The van der Waals surface area contributed by atoms with Crippen molar-refractivity contribution in [2.24, 2.45) is 5.92 Å². The van der Waals surface area contributed by atoms with Crippen LogP contribution in [-0.2, 0) is 4.74 Å². The highest BCUT2D eigenvalue weighted by molar-refractivity contribution is 4.91. The maximum absolute atomic E-state index is 10.1. The molecule has 1 heterocycles. The van der Waals surface area contributed by atoms with Crippen LogP contribution in [0.2, 0.25) is 0 Å². The molecule has 2 rings (SSSR count). The molecule has 0 aromatic carbocycles. The molecule has 0 radical (unpaired) electrons. The first-order valence-corrected chi connectivity index (χ1v) is 7.82. The number of aliphatic hydroxyl groups is 1. The Balaban J connectivity index is 1.70. The largest absolute Gasteiger partial charge is 0.393 e. The van der Waals surface area contributed by atoms with Gasteiger partial charge in [-0.3, -0.25) is 4.90 Å². The summed E-state index contributed by atoms with van der Waals surface area (Å²) in [5.41, 5.74) is 0. The Morgan fingerprint density at radius 3 is 2.78 bits per heavy atom. The number of hydrogen-bond acceptors (Lipinski definition) is 3. The lowest BCUT2D eigenvalue weighted by molar-refractivity contribution is 0.0520. The van der Waals surface area contributed by atoms with Crippen LogP contribution in [0.1, 0.15) is 51.9 Å². The number of nitrogens with zero attached hydrogens (tertiary/aromatic N) is 1. The van der Waals surface area contributed by atoms with Crippen LogP contribution < -0.4 is 0 Å². The van der Waals surface area contributed by atoms with Crippen LogP contribution in [0.3, 0.4) is 0 Å². The first-order chi connectivity index (χ1) is 8.83. The van der Waals surface area contributed by atoms with Gasteiger partial charge in [0.25, 0.3) is 0 Å². The van der Waals surface area contributed by atoms with Crippen molar-refractivity contribution < 1.29 is 9.84 Å². The monoisotopic (exact) mass is 255 g/mol. The summed E-state index contributed by atoms with van der Waals surface area (Å²) >= 11 is 0. The van der Waals surface area contributed by atoms with Crippen LogP contribution in [0.25, 0.3) is 0 Å². The Morgan fingerprint density at radius 1 is 1.17 bits per heavy atom. The first kappa shape index (κ1) is 14.3. The summed E-state index contributed by atoms with van der Waals surface area (Å²) in [5.74, 6) is 0.531.